The molecule has 2 heteroatoms. The summed E-state index contributed by atoms with van der Waals surface area (Å²) in [4.78, 5) is 0. The minimum Gasteiger partial charge on any atom is -1.00 e. The van der Waals surface area contributed by atoms with Crippen LogP contribution in [0.2, 0.25) is 0 Å². The first-order valence-corrected chi connectivity index (χ1v) is 12.7. The van der Waals surface area contributed by atoms with Crippen molar-refractivity contribution in [2.75, 3.05) is 6.16 Å². The van der Waals surface area contributed by atoms with E-state index in [1.54, 1.807) is 0 Å². The Balaban J connectivity index is 0.00000272. The van der Waals surface area contributed by atoms with Crippen LogP contribution in [0.1, 0.15) is 22.3 Å². The zero-order valence-corrected chi connectivity index (χ0v) is 20.2. The summed E-state index contributed by atoms with van der Waals surface area (Å²) in [5.74, 6) is 0. The average Bonchev–Trinajstić information content (AvgIpc) is 2.78. The van der Waals surface area contributed by atoms with Crippen molar-refractivity contribution in [3.05, 3.63) is 125 Å². The fourth-order valence-electron chi connectivity index (χ4n) is 4.17. The van der Waals surface area contributed by atoms with Crippen molar-refractivity contribution in [2.24, 2.45) is 0 Å². The van der Waals surface area contributed by atoms with E-state index in [4.69, 9.17) is 0 Å². The van der Waals surface area contributed by atoms with Crippen LogP contribution in [-0.4, -0.2) is 6.16 Å². The maximum atomic E-state index is 2.37. The fourth-order valence-corrected chi connectivity index (χ4v) is 8.41. The molecule has 0 N–H and O–H groups in total. The van der Waals surface area contributed by atoms with Gasteiger partial charge in [0.05, 0.1) is 6.16 Å². The minimum atomic E-state index is -1.78. The normalized spacial score (nSPS) is 11.1. The zero-order valence-electron chi connectivity index (χ0n) is 18.6. The second kappa shape index (κ2) is 10.3. The molecule has 0 saturated heterocycles. The largest absolute Gasteiger partial charge is 1.00 e. The molecule has 0 bridgehead atoms. The number of benzene rings is 4. The minimum absolute atomic E-state index is 0. The lowest BCUT2D eigenvalue weighted by atomic mass is 10.2. The predicted molar refractivity (Wildman–Crippen MR) is 134 cm³/mol. The van der Waals surface area contributed by atoms with Gasteiger partial charge in [-0.2, -0.15) is 0 Å². The maximum absolute atomic E-state index is 2.37. The average molecular weight is 445 g/mol. The molecule has 0 spiro atoms. The highest BCUT2D eigenvalue weighted by Crippen LogP contribution is 2.55. The lowest BCUT2D eigenvalue weighted by Gasteiger charge is -2.28. The first-order valence-electron chi connectivity index (χ1n) is 10.7. The molecule has 0 nitrogen and oxygen atoms in total. The SMILES string of the molecule is Cc1ccc([P+](CCc2ccccc2)(c2ccc(C)cc2)c2ccc(C)cc2)cc1.[Cl-]. The highest BCUT2D eigenvalue weighted by molar-refractivity contribution is 7.95. The molecule has 158 valence electrons. The van der Waals surface area contributed by atoms with Crippen molar-refractivity contribution in [3.8, 4) is 0 Å². The Kier molecular flexibility index (Phi) is 7.71. The van der Waals surface area contributed by atoms with Crippen molar-refractivity contribution in [3.63, 3.8) is 0 Å². The monoisotopic (exact) mass is 444 g/mol. The molecule has 0 aliphatic rings. The summed E-state index contributed by atoms with van der Waals surface area (Å²) < 4.78 is 0. The summed E-state index contributed by atoms with van der Waals surface area (Å²) in [6, 6.07) is 38.8. The van der Waals surface area contributed by atoms with Crippen LogP contribution in [0.15, 0.2) is 103 Å². The number of halogens is 1. The van der Waals surface area contributed by atoms with Crippen molar-refractivity contribution < 1.29 is 12.4 Å². The van der Waals surface area contributed by atoms with Crippen LogP contribution in [0, 0.1) is 20.8 Å². The van der Waals surface area contributed by atoms with Gasteiger partial charge in [0.1, 0.15) is 23.2 Å². The standard InChI is InChI=1S/C29H30P.ClH/c1-23-9-15-27(16-10-23)30(28-17-11-24(2)12-18-28,29-19-13-25(3)14-20-29)22-21-26-7-5-4-6-8-26;/h4-20H,21-22H2,1-3H3;1H/q+1;/p-1. The number of hydrogen-bond donors (Lipinski definition) is 0. The molecule has 4 rings (SSSR count). The van der Waals surface area contributed by atoms with E-state index in [1.807, 2.05) is 0 Å². The Bertz CT molecular complexity index is 971. The lowest BCUT2D eigenvalue weighted by molar-refractivity contribution is -0.00000609. The van der Waals surface area contributed by atoms with E-state index in [2.05, 4.69) is 124 Å². The number of rotatable bonds is 6. The summed E-state index contributed by atoms with van der Waals surface area (Å²) >= 11 is 0. The van der Waals surface area contributed by atoms with Gasteiger partial charge in [-0.15, -0.1) is 0 Å². The molecule has 0 unspecified atom stereocenters. The lowest BCUT2D eigenvalue weighted by Crippen LogP contribution is -3.00. The molecule has 4 aromatic rings. The predicted octanol–water partition coefficient (Wildman–Crippen LogP) is 3.15. The van der Waals surface area contributed by atoms with Crippen LogP contribution in [0.25, 0.3) is 0 Å². The zero-order chi connectivity index (χ0) is 21.0. The van der Waals surface area contributed by atoms with Crippen LogP contribution < -0.4 is 28.3 Å². The first-order chi connectivity index (χ1) is 14.6. The highest BCUT2D eigenvalue weighted by Gasteiger charge is 2.44. The quantitative estimate of drug-likeness (QED) is 0.401. The molecule has 31 heavy (non-hydrogen) atoms. The van der Waals surface area contributed by atoms with Crippen LogP contribution in [0.3, 0.4) is 0 Å². The van der Waals surface area contributed by atoms with Crippen LogP contribution in [0.5, 0.6) is 0 Å². The third-order valence-corrected chi connectivity index (χ3v) is 10.4. The maximum Gasteiger partial charge on any atom is 0.112 e. The van der Waals surface area contributed by atoms with Crippen LogP contribution in [-0.2, 0) is 6.42 Å². The van der Waals surface area contributed by atoms with Crippen molar-refractivity contribution in [1.29, 1.82) is 0 Å². The summed E-state index contributed by atoms with van der Waals surface area (Å²) in [6.45, 7) is 6.52. The molecule has 0 aliphatic carbocycles. The molecule has 0 fully saturated rings. The first kappa shape index (κ1) is 23.3. The summed E-state index contributed by atoms with van der Waals surface area (Å²) in [6.07, 6.45) is 2.20. The fraction of sp³-hybridized carbons (Fsp3) is 0.172. The number of aryl methyl sites for hydroxylation is 4. The van der Waals surface area contributed by atoms with Gasteiger partial charge in [0.15, 0.2) is 0 Å². The van der Waals surface area contributed by atoms with E-state index in [0.717, 1.165) is 12.6 Å². The molecular formula is C29H30ClP. The van der Waals surface area contributed by atoms with Gasteiger partial charge in [0.25, 0.3) is 0 Å². The Labute approximate surface area is 194 Å². The van der Waals surface area contributed by atoms with Crippen molar-refractivity contribution >= 4 is 23.2 Å². The van der Waals surface area contributed by atoms with Gasteiger partial charge in [0.2, 0.25) is 0 Å². The van der Waals surface area contributed by atoms with Crippen molar-refractivity contribution in [2.45, 2.75) is 27.2 Å². The third kappa shape index (κ3) is 5.09. The highest BCUT2D eigenvalue weighted by atomic mass is 35.5. The Hall–Kier alpha value is -2.40. The molecular weight excluding hydrogens is 415 g/mol. The van der Waals surface area contributed by atoms with Gasteiger partial charge in [-0.3, -0.25) is 0 Å². The second-order valence-corrected chi connectivity index (χ2v) is 11.9. The molecule has 0 aliphatic heterocycles. The van der Waals surface area contributed by atoms with Gasteiger partial charge in [-0.05, 0) is 62.7 Å². The summed E-state index contributed by atoms with van der Waals surface area (Å²) in [5, 5.41) is 4.41. The Morgan fingerprint density at radius 2 is 0.839 bits per heavy atom. The van der Waals surface area contributed by atoms with Gasteiger partial charge < -0.3 is 12.4 Å². The molecule has 0 heterocycles. The van der Waals surface area contributed by atoms with Crippen molar-refractivity contribution in [1.82, 2.24) is 0 Å². The molecule has 4 aromatic carbocycles. The molecule has 0 saturated carbocycles. The van der Waals surface area contributed by atoms with E-state index in [-0.39, 0.29) is 12.4 Å². The van der Waals surface area contributed by atoms with Gasteiger partial charge >= 0.3 is 0 Å². The summed E-state index contributed by atoms with van der Waals surface area (Å²) in [7, 11) is -1.78. The van der Waals surface area contributed by atoms with Gasteiger partial charge in [0, 0.05) is 6.42 Å². The molecule has 0 radical (unpaired) electrons. The van der Waals surface area contributed by atoms with E-state index in [1.165, 1.54) is 38.2 Å². The molecule has 0 aromatic heterocycles. The van der Waals surface area contributed by atoms with E-state index < -0.39 is 7.26 Å². The third-order valence-electron chi connectivity index (χ3n) is 6.00. The van der Waals surface area contributed by atoms with Gasteiger partial charge in [-0.1, -0.05) is 83.4 Å². The Morgan fingerprint density at radius 3 is 1.19 bits per heavy atom. The van der Waals surface area contributed by atoms with Crippen LogP contribution >= 0.6 is 7.26 Å². The van der Waals surface area contributed by atoms with Gasteiger partial charge in [-0.25, -0.2) is 0 Å². The summed E-state index contributed by atoms with van der Waals surface area (Å²) in [5.41, 5.74) is 5.35. The second-order valence-electron chi connectivity index (χ2n) is 8.28. The molecule has 0 atom stereocenters. The smallest absolute Gasteiger partial charge is 0.112 e. The Morgan fingerprint density at radius 1 is 0.484 bits per heavy atom. The van der Waals surface area contributed by atoms with E-state index in [0.29, 0.717) is 0 Å². The van der Waals surface area contributed by atoms with Crippen LogP contribution in [0.4, 0.5) is 0 Å². The van der Waals surface area contributed by atoms with E-state index in [9.17, 15) is 0 Å². The van der Waals surface area contributed by atoms with E-state index >= 15 is 0 Å². The number of hydrogen-bond acceptors (Lipinski definition) is 0. The topological polar surface area (TPSA) is 0 Å². The molecule has 0 amide bonds.